The maximum atomic E-state index is 9.76. The zero-order valence-electron chi connectivity index (χ0n) is 11.4. The largest absolute Gasteiger partial charge is 0.394 e. The smallest absolute Gasteiger partial charge is 0.114 e. The topological polar surface area (TPSA) is 88.4 Å². The van der Waals surface area contributed by atoms with Crippen molar-refractivity contribution >= 4 is 0 Å². The Morgan fingerprint density at radius 2 is 1.67 bits per heavy atom. The molecular weight excluding hydrogens is 204 g/mol. The minimum Gasteiger partial charge on any atom is -0.394 e. The molecule has 92 valence electrons. The summed E-state index contributed by atoms with van der Waals surface area (Å²) in [4.78, 5) is 0. The maximum Gasteiger partial charge on any atom is 0.114 e. The molecule has 0 aromatic rings. The predicted octanol–water partition coefficient (Wildman–Crippen LogP) is -1.62. The minimum atomic E-state index is -1.35. The summed E-state index contributed by atoms with van der Waals surface area (Å²) in [5.41, 5.74) is 0. The lowest BCUT2D eigenvalue weighted by atomic mass is 10.0. The quantitative estimate of drug-likeness (QED) is 0.462. The van der Waals surface area contributed by atoms with Crippen molar-refractivity contribution in [3.8, 4) is 0 Å². The van der Waals surface area contributed by atoms with Gasteiger partial charge in [0.25, 0.3) is 0 Å². The van der Waals surface area contributed by atoms with Crippen LogP contribution in [0.25, 0.3) is 0 Å². The third-order valence-electron chi connectivity index (χ3n) is 1.94. The first-order chi connectivity index (χ1) is 8.62. The number of hydrogen-bond donors (Lipinski definition) is 3. The molecule has 0 aromatic heterocycles. The van der Waals surface area contributed by atoms with Gasteiger partial charge >= 0.3 is 0 Å². The highest BCUT2D eigenvalue weighted by molar-refractivity contribution is 4.83. The molecule has 0 radical (unpaired) electrons. The summed E-state index contributed by atoms with van der Waals surface area (Å²) < 4.78 is 35.2. The molecule has 0 bridgehead atoms. The highest BCUT2D eigenvalue weighted by Crippen LogP contribution is 2.12. The van der Waals surface area contributed by atoms with Crippen molar-refractivity contribution in [1.82, 2.24) is 0 Å². The second-order valence-electron chi connectivity index (χ2n) is 2.95. The van der Waals surface area contributed by atoms with Crippen LogP contribution in [0.1, 0.15) is 4.11 Å². The van der Waals surface area contributed by atoms with Crippen molar-refractivity contribution in [3.05, 3.63) is 0 Å². The predicted molar refractivity (Wildman–Crippen MR) is 52.6 cm³/mol. The van der Waals surface area contributed by atoms with E-state index >= 15 is 0 Å². The Hall–Kier alpha value is -0.240. The number of aliphatic hydroxyl groups excluding tert-OH is 3. The van der Waals surface area contributed by atoms with Crippen LogP contribution >= 0.6 is 0 Å². The van der Waals surface area contributed by atoms with Crippen molar-refractivity contribution in [1.29, 1.82) is 0 Å². The molecule has 0 aliphatic rings. The van der Waals surface area contributed by atoms with Crippen LogP contribution in [-0.2, 0) is 14.2 Å². The first-order valence-corrected chi connectivity index (χ1v) is 4.28. The van der Waals surface area contributed by atoms with Gasteiger partial charge in [-0.15, -0.1) is 0 Å². The summed E-state index contributed by atoms with van der Waals surface area (Å²) in [5.74, 6) is 0. The number of hydrogen-bond acceptors (Lipinski definition) is 6. The second kappa shape index (κ2) is 7.98. The molecule has 0 spiro atoms. The fourth-order valence-corrected chi connectivity index (χ4v) is 1.17. The Bertz CT molecular complexity index is 199. The van der Waals surface area contributed by atoms with E-state index in [0.29, 0.717) is 0 Å². The normalized spacial score (nSPS) is 22.2. The molecule has 0 rings (SSSR count). The van der Waals surface area contributed by atoms with Gasteiger partial charge in [-0.2, -0.15) is 0 Å². The molecule has 3 N–H and O–H groups in total. The number of aliphatic hydroxyl groups is 3. The molecule has 0 aliphatic heterocycles. The molecule has 15 heavy (non-hydrogen) atoms. The molecule has 0 aromatic carbocycles. The zero-order chi connectivity index (χ0) is 14.0. The van der Waals surface area contributed by atoms with Crippen LogP contribution in [0.2, 0.25) is 0 Å². The van der Waals surface area contributed by atoms with Crippen LogP contribution in [-0.4, -0.2) is 74.2 Å². The van der Waals surface area contributed by atoms with Crippen LogP contribution in [0.4, 0.5) is 0 Å². The average Bonchev–Trinajstić information content (AvgIpc) is 2.39. The van der Waals surface area contributed by atoms with Gasteiger partial charge in [0.05, 0.1) is 17.3 Å². The molecule has 0 unspecified atom stereocenters. The van der Waals surface area contributed by atoms with E-state index in [1.165, 1.54) is 0 Å². The average molecular weight is 227 g/mol. The van der Waals surface area contributed by atoms with Crippen molar-refractivity contribution < 1.29 is 33.6 Å². The van der Waals surface area contributed by atoms with Gasteiger partial charge in [0, 0.05) is 21.3 Å². The lowest BCUT2D eigenvalue weighted by molar-refractivity contribution is -0.151. The highest BCUT2D eigenvalue weighted by Gasteiger charge is 2.33. The standard InChI is InChI=1S/C9H20O6/c1-13-5-7(12)9(15-3)8(14-2)6(11)4-10/h6-12H,4-5H2,1-3H3/t6-,7-,8-,9-/m1/s1/i1D,2D,3D. The van der Waals surface area contributed by atoms with Crippen molar-refractivity contribution in [2.45, 2.75) is 24.4 Å². The third kappa shape index (κ3) is 4.42. The van der Waals surface area contributed by atoms with Crippen LogP contribution in [0, 0.1) is 0 Å². The summed E-state index contributed by atoms with van der Waals surface area (Å²) in [6.07, 6.45) is -4.86. The summed E-state index contributed by atoms with van der Waals surface area (Å²) in [5, 5.41) is 28.2. The lowest BCUT2D eigenvalue weighted by Gasteiger charge is -2.30. The molecule has 0 amide bonds. The van der Waals surface area contributed by atoms with E-state index in [-0.39, 0.29) is 13.7 Å². The molecule has 6 heteroatoms. The summed E-state index contributed by atoms with van der Waals surface area (Å²) in [6, 6.07) is 0. The van der Waals surface area contributed by atoms with E-state index in [4.69, 9.17) is 23.4 Å². The molecule has 0 fully saturated rings. The summed E-state index contributed by atoms with van der Waals surface area (Å²) in [7, 11) is -1.33. The molecule has 0 aliphatic carbocycles. The fourth-order valence-electron chi connectivity index (χ4n) is 1.17. The highest BCUT2D eigenvalue weighted by atomic mass is 16.6. The van der Waals surface area contributed by atoms with Gasteiger partial charge in [0.15, 0.2) is 0 Å². The van der Waals surface area contributed by atoms with Crippen molar-refractivity contribution in [3.63, 3.8) is 0 Å². The van der Waals surface area contributed by atoms with Gasteiger partial charge in [-0.3, -0.25) is 0 Å². The Labute approximate surface area is 93.6 Å². The molecular formula is C9H20O6. The SMILES string of the molecule is [2H]COC[C@@H](O)[C@@H](OC[2H])[C@H](OC[2H])[C@H](O)CO. The summed E-state index contributed by atoms with van der Waals surface area (Å²) >= 11 is 0. The third-order valence-corrected chi connectivity index (χ3v) is 1.94. The molecule has 0 saturated carbocycles. The van der Waals surface area contributed by atoms with E-state index in [1.54, 1.807) is 0 Å². The molecule has 6 nitrogen and oxygen atoms in total. The molecule has 4 atom stereocenters. The Morgan fingerprint density at radius 1 is 1.07 bits per heavy atom. The molecule has 0 heterocycles. The Morgan fingerprint density at radius 3 is 2.13 bits per heavy atom. The Balaban J connectivity index is 4.66. The maximum absolute atomic E-state index is 9.76. The van der Waals surface area contributed by atoms with Gasteiger partial charge in [0.1, 0.15) is 24.4 Å². The van der Waals surface area contributed by atoms with Crippen LogP contribution < -0.4 is 0 Å². The van der Waals surface area contributed by atoms with E-state index in [9.17, 15) is 10.2 Å². The second-order valence-corrected chi connectivity index (χ2v) is 2.95. The monoisotopic (exact) mass is 227 g/mol. The van der Waals surface area contributed by atoms with Gasteiger partial charge < -0.3 is 29.5 Å². The fraction of sp³-hybridized carbons (Fsp3) is 1.00. The van der Waals surface area contributed by atoms with E-state index in [0.717, 1.165) is 0 Å². The van der Waals surface area contributed by atoms with Gasteiger partial charge in [0.2, 0.25) is 0 Å². The Kier molecular flexibility index (Phi) is 5.29. The number of methoxy groups -OCH3 is 3. The lowest BCUT2D eigenvalue weighted by Crippen LogP contribution is -2.49. The van der Waals surface area contributed by atoms with E-state index < -0.39 is 45.2 Å². The molecule has 0 saturated heterocycles. The van der Waals surface area contributed by atoms with Gasteiger partial charge in [-0.05, 0) is 0 Å². The van der Waals surface area contributed by atoms with Crippen molar-refractivity contribution in [2.75, 3.05) is 34.5 Å². The van der Waals surface area contributed by atoms with Gasteiger partial charge in [-0.25, -0.2) is 0 Å². The van der Waals surface area contributed by atoms with Crippen LogP contribution in [0.3, 0.4) is 0 Å². The van der Waals surface area contributed by atoms with Crippen LogP contribution in [0.5, 0.6) is 0 Å². The van der Waals surface area contributed by atoms with Crippen molar-refractivity contribution in [2.24, 2.45) is 0 Å². The minimum absolute atomic E-state index is 0.232. The van der Waals surface area contributed by atoms with E-state index in [1.807, 2.05) is 0 Å². The number of ether oxygens (including phenoxy) is 3. The van der Waals surface area contributed by atoms with Gasteiger partial charge in [-0.1, -0.05) is 0 Å². The number of rotatable bonds is 8. The van der Waals surface area contributed by atoms with E-state index in [2.05, 4.69) is 0 Å². The zero-order valence-corrected chi connectivity index (χ0v) is 8.41. The van der Waals surface area contributed by atoms with Crippen LogP contribution in [0.15, 0.2) is 0 Å². The summed E-state index contributed by atoms with van der Waals surface area (Å²) in [6.45, 7) is -0.862. The first kappa shape index (κ1) is 9.95. The first-order valence-electron chi connectivity index (χ1n) is 6.40.